The summed E-state index contributed by atoms with van der Waals surface area (Å²) in [6.45, 7) is -0.878. The van der Waals surface area contributed by atoms with Gasteiger partial charge >= 0.3 is 12.1 Å². The van der Waals surface area contributed by atoms with Crippen LogP contribution in [0.3, 0.4) is 0 Å². The van der Waals surface area contributed by atoms with Gasteiger partial charge in [-0.15, -0.1) is 0 Å². The third-order valence-corrected chi connectivity index (χ3v) is 3.39. The van der Waals surface area contributed by atoms with Crippen LogP contribution < -0.4 is 4.72 Å². The van der Waals surface area contributed by atoms with Crippen molar-refractivity contribution in [2.24, 2.45) is 0 Å². The summed E-state index contributed by atoms with van der Waals surface area (Å²) >= 11 is 0. The molecule has 0 aliphatic heterocycles. The molecule has 2 N–H and O–H groups in total. The Morgan fingerprint density at radius 2 is 1.84 bits per heavy atom. The first-order valence-corrected chi connectivity index (χ1v) is 6.61. The minimum absolute atomic E-state index is 0.437. The summed E-state index contributed by atoms with van der Waals surface area (Å²) in [5.74, 6) is -2.36. The van der Waals surface area contributed by atoms with E-state index in [1.807, 2.05) is 0 Å². The molecule has 106 valence electrons. The second-order valence-electron chi connectivity index (χ2n) is 3.63. The molecular weight excluding hydrogens is 287 g/mol. The van der Waals surface area contributed by atoms with Gasteiger partial charge in [0.05, 0.1) is 11.3 Å². The zero-order valence-corrected chi connectivity index (χ0v) is 10.3. The topological polar surface area (TPSA) is 83.5 Å². The summed E-state index contributed by atoms with van der Waals surface area (Å²) in [5, 5.41) is 8.32. The molecule has 0 bridgehead atoms. The molecule has 0 atom stereocenters. The van der Waals surface area contributed by atoms with E-state index in [1.54, 1.807) is 4.72 Å². The quantitative estimate of drug-likeness (QED) is 0.855. The van der Waals surface area contributed by atoms with Crippen LogP contribution in [-0.2, 0) is 26.7 Å². The van der Waals surface area contributed by atoms with E-state index in [9.17, 15) is 26.4 Å². The van der Waals surface area contributed by atoms with Gasteiger partial charge in [-0.3, -0.25) is 4.79 Å². The maximum absolute atomic E-state index is 12.6. The van der Waals surface area contributed by atoms with Gasteiger partial charge in [0.1, 0.15) is 6.54 Å². The zero-order chi connectivity index (χ0) is 14.7. The highest BCUT2D eigenvalue weighted by atomic mass is 32.2. The number of alkyl halides is 3. The summed E-state index contributed by atoms with van der Waals surface area (Å²) < 4.78 is 62.5. The van der Waals surface area contributed by atoms with Crippen molar-refractivity contribution in [2.45, 2.75) is 11.9 Å². The third-order valence-electron chi connectivity index (χ3n) is 2.11. The molecule has 0 radical (unpaired) electrons. The molecule has 0 aromatic heterocycles. The molecule has 0 aliphatic carbocycles. The standard InChI is InChI=1S/C10H10F3NO4S/c11-10(12,13)8-4-2-1-3-7(8)6-19(17,18)14-5-9(15)16/h1-4,14H,5-6H2,(H,15,16). The monoisotopic (exact) mass is 297 g/mol. The average Bonchev–Trinajstić information content (AvgIpc) is 2.25. The van der Waals surface area contributed by atoms with E-state index in [-0.39, 0.29) is 0 Å². The van der Waals surface area contributed by atoms with Crippen LogP contribution in [0.25, 0.3) is 0 Å². The van der Waals surface area contributed by atoms with E-state index in [2.05, 4.69) is 0 Å². The second kappa shape index (κ2) is 5.57. The molecule has 19 heavy (non-hydrogen) atoms. The van der Waals surface area contributed by atoms with Gasteiger partial charge in [0, 0.05) is 0 Å². The normalized spacial score (nSPS) is 12.4. The molecule has 0 heterocycles. The van der Waals surface area contributed by atoms with Crippen molar-refractivity contribution in [3.05, 3.63) is 35.4 Å². The van der Waals surface area contributed by atoms with Crippen LogP contribution in [0.4, 0.5) is 13.2 Å². The van der Waals surface area contributed by atoms with Crippen LogP contribution in [0.15, 0.2) is 24.3 Å². The van der Waals surface area contributed by atoms with Gasteiger partial charge in [-0.2, -0.15) is 13.2 Å². The summed E-state index contributed by atoms with van der Waals surface area (Å²) in [5.41, 5.74) is -1.50. The van der Waals surface area contributed by atoms with Crippen molar-refractivity contribution in [2.75, 3.05) is 6.54 Å². The van der Waals surface area contributed by atoms with Gasteiger partial charge < -0.3 is 5.11 Å². The van der Waals surface area contributed by atoms with Crippen molar-refractivity contribution < 1.29 is 31.5 Å². The van der Waals surface area contributed by atoms with Crippen molar-refractivity contribution in [1.29, 1.82) is 0 Å². The Bertz CT molecular complexity index is 568. The number of hydrogen-bond donors (Lipinski definition) is 2. The number of benzene rings is 1. The number of rotatable bonds is 5. The smallest absolute Gasteiger partial charge is 0.416 e. The molecule has 0 saturated heterocycles. The predicted octanol–water partition coefficient (Wildman–Crippen LogP) is 1.21. The van der Waals surface area contributed by atoms with Crippen LogP contribution in [0.5, 0.6) is 0 Å². The van der Waals surface area contributed by atoms with Crippen LogP contribution in [-0.4, -0.2) is 26.0 Å². The highest BCUT2D eigenvalue weighted by molar-refractivity contribution is 7.88. The number of nitrogens with one attached hydrogen (secondary N) is 1. The van der Waals surface area contributed by atoms with E-state index in [0.717, 1.165) is 18.2 Å². The maximum atomic E-state index is 12.6. The van der Waals surface area contributed by atoms with Crippen LogP contribution in [0.1, 0.15) is 11.1 Å². The highest BCUT2D eigenvalue weighted by Gasteiger charge is 2.33. The molecule has 0 aliphatic rings. The Morgan fingerprint density at radius 3 is 2.37 bits per heavy atom. The Morgan fingerprint density at radius 1 is 1.26 bits per heavy atom. The molecule has 0 saturated carbocycles. The molecular formula is C10H10F3NO4S. The number of halogens is 3. The Hall–Kier alpha value is -1.61. The first-order chi connectivity index (χ1) is 8.62. The molecule has 0 spiro atoms. The lowest BCUT2D eigenvalue weighted by molar-refractivity contribution is -0.138. The molecule has 1 aromatic carbocycles. The Kier molecular flexibility index (Phi) is 4.53. The van der Waals surface area contributed by atoms with Crippen LogP contribution >= 0.6 is 0 Å². The fourth-order valence-electron chi connectivity index (χ4n) is 1.35. The van der Waals surface area contributed by atoms with Gasteiger partial charge in [0.25, 0.3) is 0 Å². The molecule has 1 rings (SSSR count). The predicted molar refractivity (Wildman–Crippen MR) is 59.7 cm³/mol. The van der Waals surface area contributed by atoms with Gasteiger partial charge in [0.15, 0.2) is 0 Å². The van der Waals surface area contributed by atoms with Crippen molar-refractivity contribution in [1.82, 2.24) is 4.72 Å². The minimum Gasteiger partial charge on any atom is -0.480 e. The first kappa shape index (κ1) is 15.4. The third kappa shape index (κ3) is 4.87. The van der Waals surface area contributed by atoms with E-state index >= 15 is 0 Å². The molecule has 0 amide bonds. The van der Waals surface area contributed by atoms with Crippen LogP contribution in [0, 0.1) is 0 Å². The fraction of sp³-hybridized carbons (Fsp3) is 0.300. The summed E-state index contributed by atoms with van der Waals surface area (Å²) in [4.78, 5) is 10.2. The van der Waals surface area contributed by atoms with Gasteiger partial charge in [-0.25, -0.2) is 13.1 Å². The summed E-state index contributed by atoms with van der Waals surface area (Å²) in [7, 11) is -4.14. The molecule has 1 aromatic rings. The summed E-state index contributed by atoms with van der Waals surface area (Å²) in [6.07, 6.45) is -4.67. The summed E-state index contributed by atoms with van der Waals surface area (Å²) in [6, 6.07) is 4.21. The minimum atomic E-state index is -4.67. The molecule has 0 unspecified atom stereocenters. The lowest BCUT2D eigenvalue weighted by Gasteiger charge is -2.12. The van der Waals surface area contributed by atoms with Crippen molar-refractivity contribution in [3.8, 4) is 0 Å². The van der Waals surface area contributed by atoms with Gasteiger partial charge in [-0.05, 0) is 11.6 Å². The van der Waals surface area contributed by atoms with Crippen LogP contribution in [0.2, 0.25) is 0 Å². The maximum Gasteiger partial charge on any atom is 0.416 e. The van der Waals surface area contributed by atoms with E-state index in [4.69, 9.17) is 5.11 Å². The van der Waals surface area contributed by atoms with Crippen molar-refractivity contribution >= 4 is 16.0 Å². The van der Waals surface area contributed by atoms with Gasteiger partial charge in [0.2, 0.25) is 10.0 Å². The second-order valence-corrected chi connectivity index (χ2v) is 5.44. The SMILES string of the molecule is O=C(O)CNS(=O)(=O)Cc1ccccc1C(F)(F)F. The number of hydrogen-bond acceptors (Lipinski definition) is 3. The number of aliphatic carboxylic acids is 1. The molecule has 9 heteroatoms. The molecule has 0 fully saturated rings. The lowest BCUT2D eigenvalue weighted by atomic mass is 10.1. The largest absolute Gasteiger partial charge is 0.480 e. The Balaban J connectivity index is 2.97. The average molecular weight is 297 g/mol. The highest BCUT2D eigenvalue weighted by Crippen LogP contribution is 2.32. The van der Waals surface area contributed by atoms with E-state index in [1.165, 1.54) is 6.07 Å². The number of carboxylic acids is 1. The van der Waals surface area contributed by atoms with Crippen molar-refractivity contribution in [3.63, 3.8) is 0 Å². The first-order valence-electron chi connectivity index (χ1n) is 4.96. The van der Waals surface area contributed by atoms with E-state index < -0.39 is 45.6 Å². The number of carboxylic acid groups (broad SMARTS) is 1. The zero-order valence-electron chi connectivity index (χ0n) is 9.44. The van der Waals surface area contributed by atoms with E-state index in [0.29, 0.717) is 0 Å². The fourth-order valence-corrected chi connectivity index (χ4v) is 2.46. The van der Waals surface area contributed by atoms with Gasteiger partial charge in [-0.1, -0.05) is 18.2 Å². The Labute approximate surface area is 107 Å². The molecule has 5 nitrogen and oxygen atoms in total. The lowest BCUT2D eigenvalue weighted by Crippen LogP contribution is -2.31. The number of sulfonamides is 1. The number of carbonyl (C=O) groups is 1.